The lowest BCUT2D eigenvalue weighted by atomic mass is 9.84. The number of likely N-dealkylation sites (N-methyl/N-ethyl adjacent to an activating group) is 1. The van der Waals surface area contributed by atoms with Crippen molar-refractivity contribution in [1.82, 2.24) is 5.32 Å². The fourth-order valence-corrected chi connectivity index (χ4v) is 3.16. The van der Waals surface area contributed by atoms with E-state index in [1.807, 2.05) is 12.1 Å². The van der Waals surface area contributed by atoms with Crippen molar-refractivity contribution < 1.29 is 14.4 Å². The van der Waals surface area contributed by atoms with Gasteiger partial charge in [0.15, 0.2) is 11.3 Å². The normalized spacial score (nSPS) is 22.2. The third kappa shape index (κ3) is 3.04. The van der Waals surface area contributed by atoms with Gasteiger partial charge in [-0.2, -0.15) is 12.6 Å². The van der Waals surface area contributed by atoms with Crippen molar-refractivity contribution in [2.24, 2.45) is 5.73 Å². The lowest BCUT2D eigenvalue weighted by Crippen LogP contribution is -2.65. The monoisotopic (exact) mass is 335 g/mol. The number of aryl methyl sites for hydroxylation is 1. The zero-order chi connectivity index (χ0) is 17.0. The van der Waals surface area contributed by atoms with Gasteiger partial charge >= 0.3 is 0 Å². The number of amides is 1. The average molecular weight is 335 g/mol. The molecule has 1 aliphatic heterocycles. The van der Waals surface area contributed by atoms with Crippen LogP contribution in [0.25, 0.3) is 0 Å². The van der Waals surface area contributed by atoms with Gasteiger partial charge in [-0.3, -0.25) is 9.59 Å². The van der Waals surface area contributed by atoms with Crippen LogP contribution in [0.3, 0.4) is 0 Å². The molecule has 23 heavy (non-hydrogen) atoms. The zero-order valence-electron chi connectivity index (χ0n) is 13.0. The molecule has 0 aliphatic carbocycles. The van der Waals surface area contributed by atoms with Gasteiger partial charge in [0, 0.05) is 11.4 Å². The number of hydrogen-bond acceptors (Lipinski definition) is 6. The molecule has 0 bridgehead atoms. The van der Waals surface area contributed by atoms with Crippen molar-refractivity contribution in [3.8, 4) is 0 Å². The standard InChI is InChI=1S/C16H21N3O3S/c1-18-16(14(21)12(17)10-23)7-6-11-4-2-3-5-13(11)19(8-9-20)15(16)22/h2-5,9,12,18,23H,6-8,10,17H2,1H3. The minimum absolute atomic E-state index is 0.108. The number of carbonyl (C=O) groups is 3. The molecule has 7 heteroatoms. The van der Waals surface area contributed by atoms with E-state index in [0.717, 1.165) is 5.56 Å². The molecule has 1 amide bonds. The van der Waals surface area contributed by atoms with Gasteiger partial charge in [-0.1, -0.05) is 18.2 Å². The second-order valence-electron chi connectivity index (χ2n) is 5.52. The van der Waals surface area contributed by atoms with Crippen LogP contribution in [0.2, 0.25) is 0 Å². The topological polar surface area (TPSA) is 92.5 Å². The molecular formula is C16H21N3O3S. The number of para-hydroxylation sites is 1. The molecule has 0 spiro atoms. The summed E-state index contributed by atoms with van der Waals surface area (Å²) in [6.07, 6.45) is 1.47. The summed E-state index contributed by atoms with van der Waals surface area (Å²) in [6, 6.07) is 6.50. The van der Waals surface area contributed by atoms with Gasteiger partial charge in [-0.05, 0) is 31.5 Å². The summed E-state index contributed by atoms with van der Waals surface area (Å²) in [5.74, 6) is -0.695. The predicted octanol–water partition coefficient (Wildman–Crippen LogP) is -0.0509. The Bertz CT molecular complexity index is 622. The summed E-state index contributed by atoms with van der Waals surface area (Å²) in [5, 5.41) is 2.87. The van der Waals surface area contributed by atoms with E-state index in [4.69, 9.17) is 5.73 Å². The Kier molecular flexibility index (Phi) is 5.56. The number of aldehydes is 1. The van der Waals surface area contributed by atoms with E-state index in [1.165, 1.54) is 4.90 Å². The van der Waals surface area contributed by atoms with E-state index >= 15 is 0 Å². The molecule has 6 nitrogen and oxygen atoms in total. The highest BCUT2D eigenvalue weighted by atomic mass is 32.1. The van der Waals surface area contributed by atoms with Crippen molar-refractivity contribution in [2.75, 3.05) is 24.2 Å². The van der Waals surface area contributed by atoms with E-state index in [1.54, 1.807) is 19.2 Å². The molecule has 1 aromatic carbocycles. The largest absolute Gasteiger partial charge is 0.321 e. The lowest BCUT2D eigenvalue weighted by Gasteiger charge is -2.34. The number of nitrogens with one attached hydrogen (secondary N) is 1. The van der Waals surface area contributed by atoms with E-state index in [0.29, 0.717) is 18.4 Å². The fourth-order valence-electron chi connectivity index (χ4n) is 2.99. The number of Topliss-reactive ketones (excluding diaryl/α,β-unsaturated/α-hetero) is 1. The van der Waals surface area contributed by atoms with Crippen LogP contribution >= 0.6 is 12.6 Å². The number of carbonyl (C=O) groups excluding carboxylic acids is 3. The van der Waals surface area contributed by atoms with Crippen molar-refractivity contribution in [2.45, 2.75) is 24.4 Å². The minimum Gasteiger partial charge on any atom is -0.321 e. The molecule has 0 fully saturated rings. The second kappa shape index (κ2) is 7.25. The molecule has 0 saturated carbocycles. The van der Waals surface area contributed by atoms with Crippen LogP contribution in [0.15, 0.2) is 24.3 Å². The predicted molar refractivity (Wildman–Crippen MR) is 91.8 cm³/mol. The van der Waals surface area contributed by atoms with Crippen LogP contribution in [0.5, 0.6) is 0 Å². The number of nitrogens with zero attached hydrogens (tertiary/aromatic N) is 1. The molecule has 0 saturated heterocycles. The van der Waals surface area contributed by atoms with Crippen LogP contribution in [0.1, 0.15) is 12.0 Å². The first-order valence-electron chi connectivity index (χ1n) is 7.45. The first-order valence-corrected chi connectivity index (χ1v) is 8.08. The number of benzene rings is 1. The smallest absolute Gasteiger partial charge is 0.255 e. The summed E-state index contributed by atoms with van der Waals surface area (Å²) in [7, 11) is 1.57. The van der Waals surface area contributed by atoms with E-state index in [-0.39, 0.29) is 18.7 Å². The summed E-state index contributed by atoms with van der Waals surface area (Å²) in [6.45, 7) is -0.108. The van der Waals surface area contributed by atoms with E-state index in [9.17, 15) is 14.4 Å². The van der Waals surface area contributed by atoms with Crippen molar-refractivity contribution in [1.29, 1.82) is 0 Å². The van der Waals surface area contributed by atoms with Crippen molar-refractivity contribution in [3.63, 3.8) is 0 Å². The van der Waals surface area contributed by atoms with E-state index < -0.39 is 23.3 Å². The average Bonchev–Trinajstić information content (AvgIpc) is 2.70. The highest BCUT2D eigenvalue weighted by Crippen LogP contribution is 2.32. The first-order chi connectivity index (χ1) is 11.0. The van der Waals surface area contributed by atoms with Gasteiger partial charge in [-0.25, -0.2) is 0 Å². The molecule has 3 N–H and O–H groups in total. The molecule has 0 aromatic heterocycles. The second-order valence-corrected chi connectivity index (χ2v) is 5.88. The Hall–Kier alpha value is -1.70. The Morgan fingerprint density at radius 2 is 2.22 bits per heavy atom. The first kappa shape index (κ1) is 17.7. The fraction of sp³-hybridized carbons (Fsp3) is 0.438. The van der Waals surface area contributed by atoms with Gasteiger partial charge in [0.2, 0.25) is 0 Å². The van der Waals surface area contributed by atoms with Gasteiger partial charge in [0.1, 0.15) is 6.29 Å². The van der Waals surface area contributed by atoms with Crippen LogP contribution in [0.4, 0.5) is 5.69 Å². The van der Waals surface area contributed by atoms with Gasteiger partial charge in [0.05, 0.1) is 12.6 Å². The number of anilines is 1. The third-order valence-corrected chi connectivity index (χ3v) is 4.69. The highest BCUT2D eigenvalue weighted by molar-refractivity contribution is 7.80. The van der Waals surface area contributed by atoms with Crippen molar-refractivity contribution >= 4 is 36.3 Å². The SMILES string of the molecule is CNC1(C(=O)C(N)CS)CCc2ccccc2N(CC=O)C1=O. The zero-order valence-corrected chi connectivity index (χ0v) is 13.9. The van der Waals surface area contributed by atoms with Gasteiger partial charge < -0.3 is 20.7 Å². The van der Waals surface area contributed by atoms with Crippen LogP contribution in [-0.2, 0) is 20.8 Å². The summed E-state index contributed by atoms with van der Waals surface area (Å²) >= 11 is 4.07. The van der Waals surface area contributed by atoms with Gasteiger partial charge in [0.25, 0.3) is 5.91 Å². The maximum Gasteiger partial charge on any atom is 0.255 e. The molecule has 2 rings (SSSR count). The third-order valence-electron chi connectivity index (χ3n) is 4.30. The Labute approximate surface area is 140 Å². The number of thiol groups is 1. The Morgan fingerprint density at radius 1 is 1.52 bits per heavy atom. The Balaban J connectivity index is 2.54. The summed E-state index contributed by atoms with van der Waals surface area (Å²) < 4.78 is 0. The van der Waals surface area contributed by atoms with Gasteiger partial charge in [-0.15, -0.1) is 0 Å². The highest BCUT2D eigenvalue weighted by Gasteiger charge is 2.49. The molecule has 0 radical (unpaired) electrons. The molecule has 2 atom stereocenters. The van der Waals surface area contributed by atoms with Crippen molar-refractivity contribution in [3.05, 3.63) is 29.8 Å². The minimum atomic E-state index is -1.44. The molecule has 1 heterocycles. The molecule has 1 aliphatic rings. The van der Waals surface area contributed by atoms with E-state index in [2.05, 4.69) is 17.9 Å². The summed E-state index contributed by atoms with van der Waals surface area (Å²) in [5.41, 5.74) is 5.98. The van der Waals surface area contributed by atoms with Crippen LogP contribution < -0.4 is 16.0 Å². The van der Waals surface area contributed by atoms with Crippen LogP contribution in [0, 0.1) is 0 Å². The Morgan fingerprint density at radius 3 is 2.83 bits per heavy atom. The molecular weight excluding hydrogens is 314 g/mol. The summed E-state index contributed by atoms with van der Waals surface area (Å²) in [4.78, 5) is 38.3. The quantitative estimate of drug-likeness (QED) is 0.385. The number of fused-ring (bicyclic) bond motifs is 1. The number of nitrogens with two attached hydrogens (primary N) is 1. The maximum absolute atomic E-state index is 13.1. The molecule has 1 aromatic rings. The van der Waals surface area contributed by atoms with Crippen LogP contribution in [-0.4, -0.2) is 48.9 Å². The molecule has 2 unspecified atom stereocenters. The number of hydrogen-bond donors (Lipinski definition) is 3. The maximum atomic E-state index is 13.1. The lowest BCUT2D eigenvalue weighted by molar-refractivity contribution is -0.137. The number of ketones is 1. The molecule has 124 valence electrons. The number of rotatable bonds is 6.